The summed E-state index contributed by atoms with van der Waals surface area (Å²) in [5.74, 6) is -0.0164. The minimum absolute atomic E-state index is 0.0514. The summed E-state index contributed by atoms with van der Waals surface area (Å²) in [7, 11) is 1.62. The third-order valence-electron chi connectivity index (χ3n) is 2.49. The number of rotatable bonds is 6. The molecule has 0 radical (unpaired) electrons. The van der Waals surface area contributed by atoms with Crippen LogP contribution in [0.4, 0.5) is 0 Å². The smallest absolute Gasteiger partial charge is 0.227 e. The lowest BCUT2D eigenvalue weighted by Gasteiger charge is -2.17. The number of amides is 1. The zero-order valence-electron chi connectivity index (χ0n) is 9.41. The van der Waals surface area contributed by atoms with Crippen LogP contribution < -0.4 is 10.6 Å². The van der Waals surface area contributed by atoms with Gasteiger partial charge in [-0.15, -0.1) is 0 Å². The molecule has 5 heteroatoms. The number of nitrogens with one attached hydrogen (secondary N) is 2. The molecule has 2 N–H and O–H groups in total. The Bertz CT molecular complexity index is 199. The van der Waals surface area contributed by atoms with Gasteiger partial charge in [0.05, 0.1) is 25.7 Å². The zero-order chi connectivity index (χ0) is 11.1. The lowest BCUT2D eigenvalue weighted by Crippen LogP contribution is -2.44. The summed E-state index contributed by atoms with van der Waals surface area (Å²) < 4.78 is 10.2. The van der Waals surface area contributed by atoms with E-state index in [-0.39, 0.29) is 17.9 Å². The largest absolute Gasteiger partial charge is 0.383 e. The van der Waals surface area contributed by atoms with Crippen molar-refractivity contribution in [3.63, 3.8) is 0 Å². The molecule has 0 spiro atoms. The van der Waals surface area contributed by atoms with Crippen LogP contribution in [0, 0.1) is 5.92 Å². The van der Waals surface area contributed by atoms with Crippen LogP contribution >= 0.6 is 0 Å². The third kappa shape index (κ3) is 3.77. The number of methoxy groups -OCH3 is 1. The van der Waals surface area contributed by atoms with Crippen LogP contribution in [0.5, 0.6) is 0 Å². The average Bonchev–Trinajstić information content (AvgIpc) is 2.67. The van der Waals surface area contributed by atoms with Crippen molar-refractivity contribution in [3.8, 4) is 0 Å². The monoisotopic (exact) mass is 216 g/mol. The molecule has 2 atom stereocenters. The number of hydrogen-bond acceptors (Lipinski definition) is 4. The molecule has 2 unspecified atom stereocenters. The molecular weight excluding hydrogens is 196 g/mol. The quantitative estimate of drug-likeness (QED) is 0.581. The van der Waals surface area contributed by atoms with Crippen LogP contribution in [-0.2, 0) is 14.3 Å². The van der Waals surface area contributed by atoms with Gasteiger partial charge in [-0.05, 0) is 6.54 Å². The fourth-order valence-corrected chi connectivity index (χ4v) is 1.68. The predicted molar refractivity (Wildman–Crippen MR) is 56.7 cm³/mol. The summed E-state index contributed by atoms with van der Waals surface area (Å²) in [6.45, 7) is 5.12. The molecule has 0 aromatic rings. The fourth-order valence-electron chi connectivity index (χ4n) is 1.68. The lowest BCUT2D eigenvalue weighted by molar-refractivity contribution is -0.125. The summed E-state index contributed by atoms with van der Waals surface area (Å²) in [6, 6.07) is 0.151. The van der Waals surface area contributed by atoms with E-state index in [1.807, 2.05) is 6.92 Å². The van der Waals surface area contributed by atoms with Crippen molar-refractivity contribution >= 4 is 5.91 Å². The van der Waals surface area contributed by atoms with Crippen molar-refractivity contribution in [2.45, 2.75) is 13.0 Å². The van der Waals surface area contributed by atoms with Gasteiger partial charge in [-0.2, -0.15) is 0 Å². The van der Waals surface area contributed by atoms with E-state index >= 15 is 0 Å². The van der Waals surface area contributed by atoms with Gasteiger partial charge in [0.2, 0.25) is 5.91 Å². The highest BCUT2D eigenvalue weighted by Crippen LogP contribution is 2.13. The number of hydrogen-bond donors (Lipinski definition) is 2. The molecule has 5 nitrogen and oxygen atoms in total. The molecule has 0 bridgehead atoms. The number of ether oxygens (including phenoxy) is 2. The van der Waals surface area contributed by atoms with Crippen molar-refractivity contribution in [1.82, 2.24) is 10.6 Å². The van der Waals surface area contributed by atoms with Gasteiger partial charge in [0.15, 0.2) is 0 Å². The van der Waals surface area contributed by atoms with Crippen LogP contribution in [0.1, 0.15) is 6.92 Å². The van der Waals surface area contributed by atoms with Gasteiger partial charge >= 0.3 is 0 Å². The Kier molecular flexibility index (Phi) is 5.60. The molecule has 0 aliphatic carbocycles. The zero-order valence-corrected chi connectivity index (χ0v) is 9.41. The second-order valence-corrected chi connectivity index (χ2v) is 3.59. The molecule has 1 aliphatic rings. The Balaban J connectivity index is 2.30. The topological polar surface area (TPSA) is 59.6 Å². The highest BCUT2D eigenvalue weighted by atomic mass is 16.5. The Labute approximate surface area is 90.5 Å². The molecule has 0 aromatic heterocycles. The van der Waals surface area contributed by atoms with Crippen molar-refractivity contribution in [1.29, 1.82) is 0 Å². The first-order valence-corrected chi connectivity index (χ1v) is 5.37. The van der Waals surface area contributed by atoms with Crippen molar-refractivity contribution in [2.24, 2.45) is 5.92 Å². The fraction of sp³-hybridized carbons (Fsp3) is 0.900. The van der Waals surface area contributed by atoms with E-state index in [9.17, 15) is 4.79 Å². The maximum absolute atomic E-state index is 11.7. The summed E-state index contributed by atoms with van der Waals surface area (Å²) >= 11 is 0. The van der Waals surface area contributed by atoms with E-state index in [4.69, 9.17) is 9.47 Å². The highest BCUT2D eigenvalue weighted by Gasteiger charge is 2.32. The average molecular weight is 216 g/mol. The van der Waals surface area contributed by atoms with E-state index in [1.165, 1.54) is 0 Å². The Morgan fingerprint density at radius 1 is 1.53 bits per heavy atom. The SMILES string of the molecule is CCNC1COCC1C(=O)NCCOC. The third-order valence-corrected chi connectivity index (χ3v) is 2.49. The van der Waals surface area contributed by atoms with E-state index in [0.29, 0.717) is 26.4 Å². The molecule has 0 aromatic carbocycles. The normalized spacial score (nSPS) is 25.5. The van der Waals surface area contributed by atoms with E-state index in [1.54, 1.807) is 7.11 Å². The van der Waals surface area contributed by atoms with Gasteiger partial charge in [0.25, 0.3) is 0 Å². The molecule has 1 rings (SSSR count). The van der Waals surface area contributed by atoms with E-state index in [0.717, 1.165) is 6.54 Å². The molecule has 1 saturated heterocycles. The summed E-state index contributed by atoms with van der Waals surface area (Å²) in [5.41, 5.74) is 0. The minimum atomic E-state index is -0.0678. The van der Waals surface area contributed by atoms with Crippen LogP contribution in [-0.4, -0.2) is 52.0 Å². The molecule has 0 saturated carbocycles. The Morgan fingerprint density at radius 2 is 2.33 bits per heavy atom. The first-order chi connectivity index (χ1) is 7.29. The van der Waals surface area contributed by atoms with E-state index < -0.39 is 0 Å². The number of likely N-dealkylation sites (N-methyl/N-ethyl adjacent to an activating group) is 1. The second-order valence-electron chi connectivity index (χ2n) is 3.59. The van der Waals surface area contributed by atoms with Gasteiger partial charge in [-0.1, -0.05) is 6.92 Å². The molecule has 1 fully saturated rings. The second kappa shape index (κ2) is 6.76. The standard InChI is InChI=1S/C10H20N2O3/c1-3-11-9-7-15-6-8(9)10(13)12-4-5-14-2/h8-9,11H,3-7H2,1-2H3,(H,12,13). The van der Waals surface area contributed by atoms with Crippen molar-refractivity contribution in [2.75, 3.05) is 40.0 Å². The minimum Gasteiger partial charge on any atom is -0.383 e. The highest BCUT2D eigenvalue weighted by molar-refractivity contribution is 5.79. The molecule has 1 aliphatic heterocycles. The van der Waals surface area contributed by atoms with Crippen molar-refractivity contribution < 1.29 is 14.3 Å². The van der Waals surface area contributed by atoms with Crippen LogP contribution in [0.3, 0.4) is 0 Å². The number of carbonyl (C=O) groups is 1. The maximum Gasteiger partial charge on any atom is 0.227 e. The summed E-state index contributed by atoms with van der Waals surface area (Å²) in [4.78, 5) is 11.7. The van der Waals surface area contributed by atoms with Gasteiger partial charge < -0.3 is 20.1 Å². The Morgan fingerprint density at radius 3 is 3.00 bits per heavy atom. The molecule has 1 heterocycles. The van der Waals surface area contributed by atoms with E-state index in [2.05, 4.69) is 10.6 Å². The van der Waals surface area contributed by atoms with Gasteiger partial charge in [-0.3, -0.25) is 4.79 Å². The lowest BCUT2D eigenvalue weighted by atomic mass is 10.0. The molecule has 88 valence electrons. The summed E-state index contributed by atoms with van der Waals surface area (Å²) in [6.07, 6.45) is 0. The van der Waals surface area contributed by atoms with Crippen LogP contribution in [0.25, 0.3) is 0 Å². The maximum atomic E-state index is 11.7. The van der Waals surface area contributed by atoms with Gasteiger partial charge in [0.1, 0.15) is 0 Å². The number of carbonyl (C=O) groups excluding carboxylic acids is 1. The Hall–Kier alpha value is -0.650. The van der Waals surface area contributed by atoms with Gasteiger partial charge in [0, 0.05) is 19.7 Å². The van der Waals surface area contributed by atoms with Crippen LogP contribution in [0.15, 0.2) is 0 Å². The van der Waals surface area contributed by atoms with Crippen molar-refractivity contribution in [3.05, 3.63) is 0 Å². The first kappa shape index (κ1) is 12.4. The van der Waals surface area contributed by atoms with Crippen LogP contribution in [0.2, 0.25) is 0 Å². The summed E-state index contributed by atoms with van der Waals surface area (Å²) in [5, 5.41) is 6.08. The molecular formula is C10H20N2O3. The van der Waals surface area contributed by atoms with Gasteiger partial charge in [-0.25, -0.2) is 0 Å². The first-order valence-electron chi connectivity index (χ1n) is 5.37. The molecule has 15 heavy (non-hydrogen) atoms. The predicted octanol–water partition coefficient (Wildman–Crippen LogP) is -0.626. The molecule has 1 amide bonds.